The molecular formula is C15H29NO4. The first-order chi connectivity index (χ1) is 9.56. The fraction of sp³-hybridized carbons (Fsp3) is 0.867. The van der Waals surface area contributed by atoms with E-state index in [1.807, 2.05) is 13.8 Å². The summed E-state index contributed by atoms with van der Waals surface area (Å²) in [6.45, 7) is 6.45. The molecule has 1 amide bonds. The summed E-state index contributed by atoms with van der Waals surface area (Å²) in [7, 11) is 1.28. The van der Waals surface area contributed by atoms with E-state index < -0.39 is 12.1 Å². The van der Waals surface area contributed by atoms with Gasteiger partial charge in [-0.3, -0.25) is 0 Å². The van der Waals surface area contributed by atoms with Crippen LogP contribution >= 0.6 is 0 Å². The number of alkyl carbamates (subject to hydrolysis) is 1. The summed E-state index contributed by atoms with van der Waals surface area (Å²) in [5, 5.41) is 2.54. The van der Waals surface area contributed by atoms with Crippen molar-refractivity contribution in [3.05, 3.63) is 0 Å². The predicted molar refractivity (Wildman–Crippen MR) is 78.5 cm³/mol. The number of nitrogens with one attached hydrogen (secondary N) is 1. The van der Waals surface area contributed by atoms with Crippen LogP contribution in [0.2, 0.25) is 0 Å². The lowest BCUT2D eigenvalue weighted by Gasteiger charge is -2.21. The first-order valence-electron chi connectivity index (χ1n) is 7.57. The van der Waals surface area contributed by atoms with E-state index in [-0.39, 0.29) is 11.9 Å². The zero-order valence-electron chi connectivity index (χ0n) is 13.2. The molecule has 0 saturated heterocycles. The summed E-state index contributed by atoms with van der Waals surface area (Å²) in [6.07, 6.45) is 5.70. The number of carbonyl (C=O) groups excluding carboxylic acids is 2. The van der Waals surface area contributed by atoms with Crippen LogP contribution in [-0.2, 0) is 14.3 Å². The SMILES string of the molecule is CCCCCCCOC(=O)[C@@H](NC(=O)OC)C(C)CC. The molecule has 0 aromatic carbocycles. The minimum Gasteiger partial charge on any atom is -0.464 e. The Hall–Kier alpha value is -1.26. The van der Waals surface area contributed by atoms with Crippen LogP contribution in [0.15, 0.2) is 0 Å². The van der Waals surface area contributed by atoms with Crippen molar-refractivity contribution in [2.45, 2.75) is 65.3 Å². The van der Waals surface area contributed by atoms with E-state index in [1.165, 1.54) is 26.4 Å². The second-order valence-electron chi connectivity index (χ2n) is 5.08. The van der Waals surface area contributed by atoms with Gasteiger partial charge in [0, 0.05) is 0 Å². The predicted octanol–water partition coefficient (Wildman–Crippen LogP) is 3.27. The zero-order chi connectivity index (χ0) is 15.4. The van der Waals surface area contributed by atoms with Gasteiger partial charge in [0.15, 0.2) is 0 Å². The standard InChI is InChI=1S/C15H29NO4/c1-5-7-8-9-10-11-20-14(17)13(12(3)6-2)16-15(18)19-4/h12-13H,5-11H2,1-4H3,(H,16,18)/t12?,13-/m0/s1. The van der Waals surface area contributed by atoms with E-state index in [0.717, 1.165) is 19.3 Å². The molecular weight excluding hydrogens is 258 g/mol. The maximum absolute atomic E-state index is 12.0. The van der Waals surface area contributed by atoms with Crippen LogP contribution in [0.3, 0.4) is 0 Å². The number of esters is 1. The Morgan fingerprint density at radius 2 is 1.75 bits per heavy atom. The van der Waals surface area contributed by atoms with Crippen molar-refractivity contribution in [2.75, 3.05) is 13.7 Å². The highest BCUT2D eigenvalue weighted by Crippen LogP contribution is 2.10. The fourth-order valence-electron chi connectivity index (χ4n) is 1.82. The van der Waals surface area contributed by atoms with Crippen LogP contribution < -0.4 is 5.32 Å². The van der Waals surface area contributed by atoms with Crippen molar-refractivity contribution in [2.24, 2.45) is 5.92 Å². The molecule has 1 N–H and O–H groups in total. The van der Waals surface area contributed by atoms with Crippen molar-refractivity contribution in [1.29, 1.82) is 0 Å². The molecule has 0 aliphatic rings. The molecule has 0 bridgehead atoms. The molecule has 0 aliphatic carbocycles. The minimum atomic E-state index is -0.636. The molecule has 1 unspecified atom stereocenters. The molecule has 0 aliphatic heterocycles. The van der Waals surface area contributed by atoms with Crippen molar-refractivity contribution < 1.29 is 19.1 Å². The molecule has 0 rings (SSSR count). The number of ether oxygens (including phenoxy) is 2. The molecule has 0 aromatic rings. The lowest BCUT2D eigenvalue weighted by atomic mass is 9.99. The molecule has 20 heavy (non-hydrogen) atoms. The molecule has 118 valence electrons. The summed E-state index contributed by atoms with van der Waals surface area (Å²) >= 11 is 0. The van der Waals surface area contributed by atoms with Gasteiger partial charge in [-0.25, -0.2) is 9.59 Å². The van der Waals surface area contributed by atoms with Gasteiger partial charge in [-0.2, -0.15) is 0 Å². The van der Waals surface area contributed by atoms with Crippen molar-refractivity contribution >= 4 is 12.1 Å². The van der Waals surface area contributed by atoms with Crippen LogP contribution in [0.1, 0.15) is 59.3 Å². The Kier molecular flexibility index (Phi) is 10.8. The van der Waals surface area contributed by atoms with Crippen LogP contribution in [0.25, 0.3) is 0 Å². The second-order valence-corrected chi connectivity index (χ2v) is 5.08. The Bertz CT molecular complexity index is 281. The fourth-order valence-corrected chi connectivity index (χ4v) is 1.82. The normalized spacial score (nSPS) is 13.4. The number of rotatable bonds is 10. The van der Waals surface area contributed by atoms with E-state index in [2.05, 4.69) is 17.0 Å². The van der Waals surface area contributed by atoms with E-state index in [4.69, 9.17) is 4.74 Å². The van der Waals surface area contributed by atoms with Gasteiger partial charge in [0.1, 0.15) is 6.04 Å². The maximum atomic E-state index is 12.0. The van der Waals surface area contributed by atoms with E-state index in [0.29, 0.717) is 6.61 Å². The van der Waals surface area contributed by atoms with E-state index >= 15 is 0 Å². The molecule has 0 aromatic heterocycles. The number of hydrogen-bond donors (Lipinski definition) is 1. The van der Waals surface area contributed by atoms with Gasteiger partial charge in [-0.15, -0.1) is 0 Å². The molecule has 0 fully saturated rings. The highest BCUT2D eigenvalue weighted by atomic mass is 16.5. The topological polar surface area (TPSA) is 64.6 Å². The Labute approximate surface area is 122 Å². The quantitative estimate of drug-likeness (QED) is 0.495. The van der Waals surface area contributed by atoms with Gasteiger partial charge in [0.25, 0.3) is 0 Å². The second kappa shape index (κ2) is 11.6. The zero-order valence-corrected chi connectivity index (χ0v) is 13.2. The highest BCUT2D eigenvalue weighted by molar-refractivity contribution is 5.81. The average molecular weight is 287 g/mol. The first-order valence-corrected chi connectivity index (χ1v) is 7.57. The van der Waals surface area contributed by atoms with Crippen molar-refractivity contribution in [1.82, 2.24) is 5.32 Å². The number of amides is 1. The summed E-state index contributed by atoms with van der Waals surface area (Å²) in [5.41, 5.74) is 0. The molecule has 2 atom stereocenters. The van der Waals surface area contributed by atoms with Gasteiger partial charge in [-0.1, -0.05) is 52.9 Å². The number of carbonyl (C=O) groups is 2. The molecule has 5 heteroatoms. The van der Waals surface area contributed by atoms with E-state index in [1.54, 1.807) is 0 Å². The van der Waals surface area contributed by atoms with Gasteiger partial charge in [0.05, 0.1) is 13.7 Å². The average Bonchev–Trinajstić information content (AvgIpc) is 2.46. The Morgan fingerprint density at radius 1 is 1.10 bits per heavy atom. The minimum absolute atomic E-state index is 0.0155. The molecule has 0 heterocycles. The van der Waals surface area contributed by atoms with Crippen LogP contribution in [0, 0.1) is 5.92 Å². The Morgan fingerprint density at radius 3 is 2.30 bits per heavy atom. The highest BCUT2D eigenvalue weighted by Gasteiger charge is 2.27. The van der Waals surface area contributed by atoms with Crippen molar-refractivity contribution in [3.8, 4) is 0 Å². The summed E-state index contributed by atoms with van der Waals surface area (Å²) < 4.78 is 9.78. The van der Waals surface area contributed by atoms with Crippen molar-refractivity contribution in [3.63, 3.8) is 0 Å². The Balaban J connectivity index is 4.10. The molecule has 0 saturated carbocycles. The number of hydrogen-bond acceptors (Lipinski definition) is 4. The number of unbranched alkanes of at least 4 members (excludes halogenated alkanes) is 4. The smallest absolute Gasteiger partial charge is 0.407 e. The summed E-state index contributed by atoms with van der Waals surface area (Å²) in [6, 6.07) is -0.636. The molecule has 0 spiro atoms. The van der Waals surface area contributed by atoms with Gasteiger partial charge >= 0.3 is 12.1 Å². The third kappa shape index (κ3) is 8.02. The largest absolute Gasteiger partial charge is 0.464 e. The first kappa shape index (κ1) is 18.7. The number of methoxy groups -OCH3 is 1. The molecule has 0 radical (unpaired) electrons. The lowest BCUT2D eigenvalue weighted by Crippen LogP contribution is -2.46. The van der Waals surface area contributed by atoms with E-state index in [9.17, 15) is 9.59 Å². The third-order valence-corrected chi connectivity index (χ3v) is 3.42. The van der Waals surface area contributed by atoms with Gasteiger partial charge < -0.3 is 14.8 Å². The molecule has 5 nitrogen and oxygen atoms in total. The van der Waals surface area contributed by atoms with Crippen LogP contribution in [0.5, 0.6) is 0 Å². The monoisotopic (exact) mass is 287 g/mol. The maximum Gasteiger partial charge on any atom is 0.407 e. The lowest BCUT2D eigenvalue weighted by molar-refractivity contribution is -0.147. The van der Waals surface area contributed by atoms with Gasteiger partial charge in [0.2, 0.25) is 0 Å². The van der Waals surface area contributed by atoms with Crippen LogP contribution in [-0.4, -0.2) is 31.8 Å². The van der Waals surface area contributed by atoms with Gasteiger partial charge in [-0.05, 0) is 12.3 Å². The third-order valence-electron chi connectivity index (χ3n) is 3.42. The summed E-state index contributed by atoms with van der Waals surface area (Å²) in [5.74, 6) is -0.359. The van der Waals surface area contributed by atoms with Crippen LogP contribution in [0.4, 0.5) is 4.79 Å². The summed E-state index contributed by atoms with van der Waals surface area (Å²) in [4.78, 5) is 23.2.